The van der Waals surface area contributed by atoms with Crippen molar-refractivity contribution >= 4 is 29.4 Å². The predicted octanol–water partition coefficient (Wildman–Crippen LogP) is -0.165. The minimum Gasteiger partial charge on any atom is -0.480 e. The first-order valence-corrected chi connectivity index (χ1v) is 9.87. The minimum atomic E-state index is -1.30. The van der Waals surface area contributed by atoms with Crippen molar-refractivity contribution < 1.29 is 29.4 Å². The number of nitrogens with one attached hydrogen (secondary N) is 1. The van der Waals surface area contributed by atoms with E-state index in [0.717, 1.165) is 5.56 Å². The predicted molar refractivity (Wildman–Crippen MR) is 109 cm³/mol. The summed E-state index contributed by atoms with van der Waals surface area (Å²) < 4.78 is 0. The molecule has 1 aromatic carbocycles. The number of unbranched alkanes of at least 4 members (excludes halogenated alkanes) is 1. The van der Waals surface area contributed by atoms with E-state index in [0.29, 0.717) is 31.5 Å². The minimum absolute atomic E-state index is 0.180. The van der Waals surface area contributed by atoms with Crippen molar-refractivity contribution in [1.29, 1.82) is 0 Å². The van der Waals surface area contributed by atoms with Crippen molar-refractivity contribution in [2.24, 2.45) is 11.5 Å². The third-order valence-corrected chi connectivity index (χ3v) is 5.10. The summed E-state index contributed by atoms with van der Waals surface area (Å²) in [7, 11) is 0. The summed E-state index contributed by atoms with van der Waals surface area (Å²) in [4.78, 5) is 49.2. The third-order valence-electron chi connectivity index (χ3n) is 5.10. The molecule has 7 N–H and O–H groups in total. The van der Waals surface area contributed by atoms with Gasteiger partial charge in [0.1, 0.15) is 12.1 Å². The summed E-state index contributed by atoms with van der Waals surface area (Å²) >= 11 is 0. The topological polar surface area (TPSA) is 176 Å². The Morgan fingerprint density at radius 1 is 1.13 bits per heavy atom. The Morgan fingerprint density at radius 3 is 2.47 bits per heavy atom. The van der Waals surface area contributed by atoms with Crippen molar-refractivity contribution in [3.63, 3.8) is 0 Å². The molecule has 0 spiro atoms. The van der Waals surface area contributed by atoms with Crippen LogP contribution in [0.4, 0.5) is 5.69 Å². The maximum atomic E-state index is 12.8. The molecule has 0 fully saturated rings. The van der Waals surface area contributed by atoms with Crippen LogP contribution < -0.4 is 21.7 Å². The van der Waals surface area contributed by atoms with Crippen LogP contribution in [0.15, 0.2) is 24.3 Å². The van der Waals surface area contributed by atoms with Crippen molar-refractivity contribution in [3.05, 3.63) is 29.8 Å². The van der Waals surface area contributed by atoms with E-state index < -0.39 is 41.9 Å². The van der Waals surface area contributed by atoms with Crippen LogP contribution in [-0.2, 0) is 25.6 Å². The molecule has 3 atom stereocenters. The number of fused-ring (bicyclic) bond motifs is 1. The number of nitrogens with zero attached hydrogens (tertiary/aromatic N) is 1. The first-order valence-electron chi connectivity index (χ1n) is 9.87. The van der Waals surface area contributed by atoms with Crippen LogP contribution in [0.25, 0.3) is 0 Å². The molecule has 10 heteroatoms. The van der Waals surface area contributed by atoms with Gasteiger partial charge in [-0.25, -0.2) is 9.59 Å². The zero-order valence-corrected chi connectivity index (χ0v) is 16.6. The second-order valence-corrected chi connectivity index (χ2v) is 7.28. The standard InChI is InChI=1S/C20H28N4O6/c21-10-4-3-6-13(22)18(26)23-14(19(27)28)8-9-17(25)24-15-7-2-1-5-12(15)11-16(24)20(29)30/h1-2,5,7,13-14,16H,3-4,6,8-11,21-22H2,(H,23,26)(H,27,28)(H,29,30)/t13-,14+,16-/m0/s1. The second-order valence-electron chi connectivity index (χ2n) is 7.28. The number of hydrogen-bond donors (Lipinski definition) is 5. The Morgan fingerprint density at radius 2 is 1.83 bits per heavy atom. The number of aliphatic carboxylic acids is 2. The van der Waals surface area contributed by atoms with Gasteiger partial charge in [0, 0.05) is 18.5 Å². The summed E-state index contributed by atoms with van der Waals surface area (Å²) in [6.45, 7) is 0.477. The fourth-order valence-electron chi connectivity index (χ4n) is 3.46. The molecule has 0 unspecified atom stereocenters. The zero-order valence-electron chi connectivity index (χ0n) is 16.6. The molecule has 10 nitrogen and oxygen atoms in total. The maximum absolute atomic E-state index is 12.8. The Labute approximate surface area is 174 Å². The molecule has 1 aliphatic heterocycles. The van der Waals surface area contributed by atoms with Gasteiger partial charge in [-0.3, -0.25) is 14.5 Å². The van der Waals surface area contributed by atoms with Gasteiger partial charge in [0.05, 0.1) is 6.04 Å². The van der Waals surface area contributed by atoms with Gasteiger partial charge < -0.3 is 27.0 Å². The smallest absolute Gasteiger partial charge is 0.327 e. The van der Waals surface area contributed by atoms with E-state index >= 15 is 0 Å². The fraction of sp³-hybridized carbons (Fsp3) is 0.500. The molecule has 30 heavy (non-hydrogen) atoms. The van der Waals surface area contributed by atoms with Crippen LogP contribution in [0.1, 0.15) is 37.7 Å². The summed E-state index contributed by atoms with van der Waals surface area (Å²) in [5.41, 5.74) is 12.4. The second kappa shape index (κ2) is 10.7. The molecule has 0 aliphatic carbocycles. The molecule has 2 rings (SSSR count). The van der Waals surface area contributed by atoms with Gasteiger partial charge in [-0.15, -0.1) is 0 Å². The molecule has 1 heterocycles. The van der Waals surface area contributed by atoms with Crippen LogP contribution >= 0.6 is 0 Å². The quantitative estimate of drug-likeness (QED) is 0.307. The number of benzene rings is 1. The van der Waals surface area contributed by atoms with Gasteiger partial charge in [-0.2, -0.15) is 0 Å². The van der Waals surface area contributed by atoms with Crippen LogP contribution in [0, 0.1) is 0 Å². The van der Waals surface area contributed by atoms with Crippen LogP contribution in [-0.4, -0.2) is 58.6 Å². The highest BCUT2D eigenvalue weighted by atomic mass is 16.4. The molecule has 0 radical (unpaired) electrons. The number of amides is 2. The lowest BCUT2D eigenvalue weighted by Gasteiger charge is -2.24. The molecule has 0 aromatic heterocycles. The number of anilines is 1. The first-order chi connectivity index (χ1) is 14.3. The zero-order chi connectivity index (χ0) is 22.3. The number of para-hydroxylation sites is 1. The number of carbonyl (C=O) groups excluding carboxylic acids is 2. The van der Waals surface area contributed by atoms with E-state index in [1.165, 1.54) is 4.90 Å². The Hall–Kier alpha value is -2.98. The number of carboxylic acids is 2. The number of nitrogens with two attached hydrogens (primary N) is 2. The fourth-order valence-corrected chi connectivity index (χ4v) is 3.46. The number of rotatable bonds is 11. The molecule has 1 aromatic rings. The average molecular weight is 420 g/mol. The largest absolute Gasteiger partial charge is 0.480 e. The normalized spacial score (nSPS) is 17.1. The number of hydrogen-bond acceptors (Lipinski definition) is 6. The molecule has 1 aliphatic rings. The van der Waals surface area contributed by atoms with Crippen LogP contribution in [0.3, 0.4) is 0 Å². The lowest BCUT2D eigenvalue weighted by molar-refractivity contribution is -0.142. The number of carbonyl (C=O) groups is 4. The average Bonchev–Trinajstić information content (AvgIpc) is 3.10. The van der Waals surface area contributed by atoms with Crippen molar-refractivity contribution in [2.75, 3.05) is 11.4 Å². The molecular weight excluding hydrogens is 392 g/mol. The summed E-state index contributed by atoms with van der Waals surface area (Å²) in [6.07, 6.45) is 1.50. The summed E-state index contributed by atoms with van der Waals surface area (Å²) in [5, 5.41) is 21.2. The van der Waals surface area contributed by atoms with E-state index in [4.69, 9.17) is 11.5 Å². The van der Waals surface area contributed by atoms with Crippen LogP contribution in [0.5, 0.6) is 0 Å². The van der Waals surface area contributed by atoms with E-state index in [9.17, 15) is 29.4 Å². The monoisotopic (exact) mass is 420 g/mol. The molecular formula is C20H28N4O6. The highest BCUT2D eigenvalue weighted by Crippen LogP contribution is 2.32. The van der Waals surface area contributed by atoms with Crippen molar-refractivity contribution in [3.8, 4) is 0 Å². The highest BCUT2D eigenvalue weighted by Gasteiger charge is 2.38. The van der Waals surface area contributed by atoms with Gasteiger partial charge in [-0.05, 0) is 37.4 Å². The third kappa shape index (κ3) is 5.77. The van der Waals surface area contributed by atoms with Crippen LogP contribution in [0.2, 0.25) is 0 Å². The van der Waals surface area contributed by atoms with Gasteiger partial charge in [0.2, 0.25) is 11.8 Å². The highest BCUT2D eigenvalue weighted by molar-refractivity contribution is 6.02. The van der Waals surface area contributed by atoms with E-state index in [1.807, 2.05) is 0 Å². The molecule has 0 saturated carbocycles. The molecule has 2 amide bonds. The van der Waals surface area contributed by atoms with Gasteiger partial charge in [0.15, 0.2) is 0 Å². The molecule has 164 valence electrons. The Balaban J connectivity index is 2.00. The van der Waals surface area contributed by atoms with Crippen molar-refractivity contribution in [1.82, 2.24) is 5.32 Å². The molecule has 0 bridgehead atoms. The Bertz CT molecular complexity index is 799. The van der Waals surface area contributed by atoms with Gasteiger partial charge in [-0.1, -0.05) is 24.6 Å². The van der Waals surface area contributed by atoms with Crippen molar-refractivity contribution in [2.45, 2.75) is 56.7 Å². The van der Waals surface area contributed by atoms with Gasteiger partial charge in [0.25, 0.3) is 0 Å². The SMILES string of the molecule is NCCCC[C@H](N)C(=O)N[C@H](CCC(=O)N1c2ccccc2C[C@H]1C(=O)O)C(=O)O. The van der Waals surface area contributed by atoms with E-state index in [2.05, 4.69) is 5.32 Å². The van der Waals surface area contributed by atoms with Gasteiger partial charge >= 0.3 is 11.9 Å². The number of carboxylic acid groups (broad SMARTS) is 2. The molecule has 0 saturated heterocycles. The van der Waals surface area contributed by atoms with E-state index in [1.54, 1.807) is 24.3 Å². The summed E-state index contributed by atoms with van der Waals surface area (Å²) in [6, 6.07) is 3.68. The Kier molecular flexibility index (Phi) is 8.31. The first kappa shape index (κ1) is 23.3. The lowest BCUT2D eigenvalue weighted by atomic mass is 10.1. The lowest BCUT2D eigenvalue weighted by Crippen LogP contribution is -2.49. The van der Waals surface area contributed by atoms with E-state index in [-0.39, 0.29) is 19.3 Å². The summed E-state index contributed by atoms with van der Waals surface area (Å²) in [5.74, 6) is -3.55. The maximum Gasteiger partial charge on any atom is 0.327 e.